The van der Waals surface area contributed by atoms with Gasteiger partial charge in [-0.3, -0.25) is 4.57 Å². The number of aryl methyl sites for hydroxylation is 1. The summed E-state index contributed by atoms with van der Waals surface area (Å²) in [6.07, 6.45) is 12.1. The molecule has 0 aliphatic carbocycles. The number of fused-ring (bicyclic) bond motifs is 2. The third kappa shape index (κ3) is 5.18. The second-order valence-electron chi connectivity index (χ2n) is 11.4. The first kappa shape index (κ1) is 27.7. The minimum Gasteiger partial charge on any atom is -0.366 e. The monoisotopic (exact) mass is 566 g/mol. The lowest BCUT2D eigenvalue weighted by molar-refractivity contribution is -0.0298. The van der Waals surface area contributed by atoms with Gasteiger partial charge >= 0.3 is 0 Å². The van der Waals surface area contributed by atoms with E-state index in [1.54, 1.807) is 31.1 Å². The van der Waals surface area contributed by atoms with E-state index < -0.39 is 5.41 Å². The Bertz CT molecular complexity index is 1760. The van der Waals surface area contributed by atoms with Crippen LogP contribution >= 0.6 is 0 Å². The van der Waals surface area contributed by atoms with Crippen LogP contribution in [-0.4, -0.2) is 42.1 Å². The van der Waals surface area contributed by atoms with E-state index in [9.17, 15) is 4.39 Å². The standard InChI is InChI=1S/C32H35FN8O/c1-20-10-11-23-22(12-16-35-29(23)39-21(2)32(3,4)13-14-33)26(20)40-30-24(8-7-15-34-30)27-28-31(37-18-36-27)41(19-38-28)25-9-5-6-17-42-25/h7-8,10-16,18-19,21,25H,5-6,9,17H2,1-4H3,(H,34,40)(H,35,39)/b14-13+/t21-,25?/m0/s1. The molecule has 0 saturated carbocycles. The van der Waals surface area contributed by atoms with E-state index in [0.717, 1.165) is 64.9 Å². The fraction of sp³-hybridized carbons (Fsp3) is 0.344. The zero-order valence-corrected chi connectivity index (χ0v) is 24.3. The molecule has 1 fully saturated rings. The average molecular weight is 567 g/mol. The Kier molecular flexibility index (Phi) is 7.55. The Morgan fingerprint density at radius 2 is 1.88 bits per heavy atom. The van der Waals surface area contributed by atoms with E-state index in [1.807, 2.05) is 43.5 Å². The Morgan fingerprint density at radius 3 is 2.69 bits per heavy atom. The Morgan fingerprint density at radius 1 is 1.02 bits per heavy atom. The Hall–Kier alpha value is -4.44. The molecule has 1 aromatic carbocycles. The molecule has 1 saturated heterocycles. The van der Waals surface area contributed by atoms with Crippen LogP contribution < -0.4 is 10.6 Å². The Balaban J connectivity index is 1.39. The van der Waals surface area contributed by atoms with Gasteiger partial charge in [-0.25, -0.2) is 29.3 Å². The largest absolute Gasteiger partial charge is 0.366 e. The molecule has 5 aromatic rings. The van der Waals surface area contributed by atoms with Crippen molar-refractivity contribution < 1.29 is 9.13 Å². The van der Waals surface area contributed by atoms with Crippen LogP contribution in [0.1, 0.15) is 51.8 Å². The van der Waals surface area contributed by atoms with E-state index in [1.165, 1.54) is 0 Å². The molecular weight excluding hydrogens is 531 g/mol. The smallest absolute Gasteiger partial charge is 0.165 e. The molecule has 4 aromatic heterocycles. The lowest BCUT2D eigenvalue weighted by Gasteiger charge is -2.30. The van der Waals surface area contributed by atoms with Crippen LogP contribution in [0.3, 0.4) is 0 Å². The molecule has 0 bridgehead atoms. The predicted molar refractivity (Wildman–Crippen MR) is 164 cm³/mol. The van der Waals surface area contributed by atoms with Crippen molar-refractivity contribution in [2.75, 3.05) is 17.2 Å². The number of benzene rings is 1. The maximum absolute atomic E-state index is 13.0. The predicted octanol–water partition coefficient (Wildman–Crippen LogP) is 7.50. The van der Waals surface area contributed by atoms with Gasteiger partial charge in [0.05, 0.1) is 18.3 Å². The summed E-state index contributed by atoms with van der Waals surface area (Å²) in [5.41, 5.74) is 4.51. The van der Waals surface area contributed by atoms with E-state index in [2.05, 4.69) is 44.6 Å². The summed E-state index contributed by atoms with van der Waals surface area (Å²) in [7, 11) is 0. The van der Waals surface area contributed by atoms with Gasteiger partial charge in [-0.2, -0.15) is 0 Å². The zero-order chi connectivity index (χ0) is 29.3. The molecule has 1 aliphatic heterocycles. The number of hydrogen-bond acceptors (Lipinski definition) is 8. The van der Waals surface area contributed by atoms with Crippen LogP contribution in [0.5, 0.6) is 0 Å². The molecule has 42 heavy (non-hydrogen) atoms. The van der Waals surface area contributed by atoms with Crippen molar-refractivity contribution in [1.82, 2.24) is 29.5 Å². The molecule has 0 amide bonds. The molecule has 10 heteroatoms. The van der Waals surface area contributed by atoms with Crippen molar-refractivity contribution >= 4 is 39.3 Å². The number of imidazole rings is 1. The van der Waals surface area contributed by atoms with Gasteiger partial charge in [0.2, 0.25) is 0 Å². The molecule has 6 rings (SSSR count). The summed E-state index contributed by atoms with van der Waals surface area (Å²) in [5.74, 6) is 1.39. The fourth-order valence-electron chi connectivity index (χ4n) is 5.36. The van der Waals surface area contributed by atoms with E-state index >= 15 is 0 Å². The number of ether oxygens (including phenoxy) is 1. The van der Waals surface area contributed by atoms with Crippen LogP contribution in [0.2, 0.25) is 0 Å². The summed E-state index contributed by atoms with van der Waals surface area (Å²) < 4.78 is 21.0. The maximum Gasteiger partial charge on any atom is 0.165 e. The lowest BCUT2D eigenvalue weighted by atomic mass is 9.85. The summed E-state index contributed by atoms with van der Waals surface area (Å²) in [5, 5.41) is 9.04. The maximum atomic E-state index is 13.0. The molecule has 216 valence electrons. The van der Waals surface area contributed by atoms with Crippen molar-refractivity contribution in [3.63, 3.8) is 0 Å². The van der Waals surface area contributed by atoms with Gasteiger partial charge in [0.15, 0.2) is 5.65 Å². The van der Waals surface area contributed by atoms with Crippen LogP contribution in [0.25, 0.3) is 33.2 Å². The number of aromatic nitrogens is 6. The van der Waals surface area contributed by atoms with Gasteiger partial charge in [0, 0.05) is 46.8 Å². The topological polar surface area (TPSA) is 103 Å². The highest BCUT2D eigenvalue weighted by Crippen LogP contribution is 2.37. The number of nitrogens with one attached hydrogen (secondary N) is 2. The zero-order valence-electron chi connectivity index (χ0n) is 24.3. The normalized spacial score (nSPS) is 16.7. The molecule has 1 aliphatic rings. The van der Waals surface area contributed by atoms with Gasteiger partial charge < -0.3 is 15.4 Å². The number of rotatable bonds is 8. The average Bonchev–Trinajstić information content (AvgIpc) is 3.44. The first-order chi connectivity index (χ1) is 20.4. The SMILES string of the molecule is Cc1ccc2c(N[C@@H](C)C(C)(C)/C=C/F)nccc2c1Nc1ncccc1-c1ncnc2c1ncn2C1CCCCO1. The van der Waals surface area contributed by atoms with Crippen LogP contribution in [0.4, 0.5) is 21.7 Å². The molecular formula is C32H35FN8O. The second kappa shape index (κ2) is 11.4. The van der Waals surface area contributed by atoms with Crippen molar-refractivity contribution in [2.45, 2.75) is 59.2 Å². The number of halogens is 1. The van der Waals surface area contributed by atoms with Gasteiger partial charge in [-0.05, 0) is 62.9 Å². The number of nitrogens with zero attached hydrogens (tertiary/aromatic N) is 6. The minimum atomic E-state index is -0.411. The van der Waals surface area contributed by atoms with Crippen LogP contribution in [0.15, 0.2) is 67.8 Å². The van der Waals surface area contributed by atoms with Crippen LogP contribution in [-0.2, 0) is 4.74 Å². The van der Waals surface area contributed by atoms with Crippen LogP contribution in [0, 0.1) is 12.3 Å². The Labute approximate surface area is 244 Å². The van der Waals surface area contributed by atoms with Crippen molar-refractivity contribution in [3.05, 3.63) is 73.3 Å². The molecule has 5 heterocycles. The van der Waals surface area contributed by atoms with Crippen molar-refractivity contribution in [3.8, 4) is 11.3 Å². The first-order valence-corrected chi connectivity index (χ1v) is 14.3. The van der Waals surface area contributed by atoms with Gasteiger partial charge in [0.1, 0.15) is 35.4 Å². The fourth-order valence-corrected chi connectivity index (χ4v) is 5.36. The highest BCUT2D eigenvalue weighted by Gasteiger charge is 2.25. The molecule has 0 radical (unpaired) electrons. The molecule has 2 N–H and O–H groups in total. The molecule has 0 spiro atoms. The van der Waals surface area contributed by atoms with Gasteiger partial charge in [0.25, 0.3) is 0 Å². The van der Waals surface area contributed by atoms with E-state index in [0.29, 0.717) is 23.4 Å². The van der Waals surface area contributed by atoms with E-state index in [4.69, 9.17) is 14.7 Å². The minimum absolute atomic E-state index is 0.0679. The molecule has 9 nitrogen and oxygen atoms in total. The summed E-state index contributed by atoms with van der Waals surface area (Å²) in [4.78, 5) is 23.3. The molecule has 2 atom stereocenters. The number of pyridine rings is 2. The van der Waals surface area contributed by atoms with Crippen molar-refractivity contribution in [1.29, 1.82) is 0 Å². The highest BCUT2D eigenvalue weighted by molar-refractivity contribution is 6.03. The summed E-state index contributed by atoms with van der Waals surface area (Å²) in [6, 6.07) is 9.93. The van der Waals surface area contributed by atoms with Gasteiger partial charge in [-0.1, -0.05) is 26.0 Å². The second-order valence-corrected chi connectivity index (χ2v) is 11.4. The quantitative estimate of drug-likeness (QED) is 0.199. The summed E-state index contributed by atoms with van der Waals surface area (Å²) in [6.45, 7) is 8.80. The third-order valence-electron chi connectivity index (χ3n) is 8.25. The third-order valence-corrected chi connectivity index (χ3v) is 8.25. The highest BCUT2D eigenvalue weighted by atomic mass is 19.1. The summed E-state index contributed by atoms with van der Waals surface area (Å²) >= 11 is 0. The van der Waals surface area contributed by atoms with Gasteiger partial charge in [-0.15, -0.1) is 0 Å². The number of anilines is 3. The number of hydrogen-bond donors (Lipinski definition) is 2. The van der Waals surface area contributed by atoms with E-state index in [-0.39, 0.29) is 12.3 Å². The lowest BCUT2D eigenvalue weighted by Crippen LogP contribution is -2.32. The first-order valence-electron chi connectivity index (χ1n) is 14.3. The molecule has 1 unspecified atom stereocenters. The van der Waals surface area contributed by atoms with Crippen molar-refractivity contribution in [2.24, 2.45) is 5.41 Å².